The number of carboxylic acid groups (broad SMARTS) is 1. The van der Waals surface area contributed by atoms with Crippen molar-refractivity contribution < 1.29 is 24.4 Å². The SMILES string of the molecule is COc1cc(C(=O)N2CCC(C(=O)O)(c3ccccc3)CC2)cc([N+](=O)[O-])c1C. The van der Waals surface area contributed by atoms with E-state index in [4.69, 9.17) is 4.74 Å². The van der Waals surface area contributed by atoms with Crippen LogP contribution in [-0.2, 0) is 10.2 Å². The van der Waals surface area contributed by atoms with Crippen LogP contribution >= 0.6 is 0 Å². The molecule has 0 saturated carbocycles. The summed E-state index contributed by atoms with van der Waals surface area (Å²) in [6.07, 6.45) is 0.534. The predicted molar refractivity (Wildman–Crippen MR) is 105 cm³/mol. The average molecular weight is 398 g/mol. The molecule has 0 radical (unpaired) electrons. The summed E-state index contributed by atoms with van der Waals surface area (Å²) in [7, 11) is 1.39. The molecule has 8 heteroatoms. The summed E-state index contributed by atoms with van der Waals surface area (Å²) in [5, 5.41) is 21.2. The number of carbonyl (C=O) groups excluding carboxylic acids is 1. The van der Waals surface area contributed by atoms with Crippen LogP contribution < -0.4 is 4.74 Å². The Hall–Kier alpha value is -3.42. The van der Waals surface area contributed by atoms with Gasteiger partial charge in [-0.1, -0.05) is 30.3 Å². The highest BCUT2D eigenvalue weighted by Gasteiger charge is 2.44. The Morgan fingerprint density at radius 1 is 1.17 bits per heavy atom. The molecule has 0 aromatic heterocycles. The second kappa shape index (κ2) is 7.90. The van der Waals surface area contributed by atoms with Gasteiger partial charge < -0.3 is 14.7 Å². The molecule has 1 aliphatic rings. The minimum Gasteiger partial charge on any atom is -0.496 e. The molecule has 1 saturated heterocycles. The number of nitro groups is 1. The molecule has 1 N–H and O–H groups in total. The maximum Gasteiger partial charge on any atom is 0.314 e. The van der Waals surface area contributed by atoms with Crippen molar-refractivity contribution in [2.75, 3.05) is 20.2 Å². The normalized spacial score (nSPS) is 15.6. The molecule has 2 aromatic carbocycles. The van der Waals surface area contributed by atoms with Gasteiger partial charge in [0.05, 0.1) is 28.6 Å². The highest BCUT2D eigenvalue weighted by atomic mass is 16.6. The standard InChI is InChI=1S/C21H22N2O6/c1-14-17(23(27)28)12-15(13-18(14)29-2)19(24)22-10-8-21(9-11-22,20(25)26)16-6-4-3-5-7-16/h3-7,12-13H,8-11H2,1-2H3,(H,25,26). The number of methoxy groups -OCH3 is 1. The van der Waals surface area contributed by atoms with Crippen molar-refractivity contribution in [3.8, 4) is 5.75 Å². The van der Waals surface area contributed by atoms with Crippen molar-refractivity contribution in [3.05, 3.63) is 69.3 Å². The number of amides is 1. The molecule has 0 bridgehead atoms. The number of carboxylic acids is 1. The topological polar surface area (TPSA) is 110 Å². The molecule has 2 aromatic rings. The first-order valence-corrected chi connectivity index (χ1v) is 9.21. The van der Waals surface area contributed by atoms with Crippen molar-refractivity contribution in [2.24, 2.45) is 0 Å². The second-order valence-corrected chi connectivity index (χ2v) is 7.13. The van der Waals surface area contributed by atoms with E-state index in [0.717, 1.165) is 0 Å². The van der Waals surface area contributed by atoms with Gasteiger partial charge in [0.2, 0.25) is 0 Å². The molecule has 0 atom stereocenters. The molecule has 0 unspecified atom stereocenters. The Bertz CT molecular complexity index is 949. The van der Waals surface area contributed by atoms with Crippen LogP contribution in [0.15, 0.2) is 42.5 Å². The Balaban J connectivity index is 1.86. The van der Waals surface area contributed by atoms with Crippen molar-refractivity contribution in [3.63, 3.8) is 0 Å². The monoisotopic (exact) mass is 398 g/mol. The van der Waals surface area contributed by atoms with E-state index in [-0.39, 0.29) is 48.8 Å². The van der Waals surface area contributed by atoms with E-state index in [1.807, 2.05) is 6.07 Å². The third-order valence-corrected chi connectivity index (χ3v) is 5.64. The van der Waals surface area contributed by atoms with E-state index >= 15 is 0 Å². The van der Waals surface area contributed by atoms with E-state index in [1.54, 1.807) is 31.2 Å². The Morgan fingerprint density at radius 3 is 2.31 bits per heavy atom. The number of rotatable bonds is 5. The van der Waals surface area contributed by atoms with Gasteiger partial charge in [-0.2, -0.15) is 0 Å². The quantitative estimate of drug-likeness (QED) is 0.612. The van der Waals surface area contributed by atoms with Gasteiger partial charge in [-0.15, -0.1) is 0 Å². The summed E-state index contributed by atoms with van der Waals surface area (Å²) >= 11 is 0. The minimum atomic E-state index is -1.05. The number of piperidine rings is 1. The highest BCUT2D eigenvalue weighted by Crippen LogP contribution is 2.37. The lowest BCUT2D eigenvalue weighted by atomic mass is 9.72. The summed E-state index contributed by atoms with van der Waals surface area (Å²) in [6.45, 7) is 2.04. The number of hydrogen-bond donors (Lipinski definition) is 1. The van der Waals surface area contributed by atoms with Gasteiger partial charge in [0.1, 0.15) is 5.75 Å². The third-order valence-electron chi connectivity index (χ3n) is 5.64. The number of benzene rings is 2. The molecule has 1 amide bonds. The fraction of sp³-hybridized carbons (Fsp3) is 0.333. The lowest BCUT2D eigenvalue weighted by Gasteiger charge is -2.39. The van der Waals surface area contributed by atoms with Gasteiger partial charge in [0, 0.05) is 19.2 Å². The number of ether oxygens (including phenoxy) is 1. The van der Waals surface area contributed by atoms with Gasteiger partial charge in [-0.25, -0.2) is 0 Å². The lowest BCUT2D eigenvalue weighted by Crippen LogP contribution is -2.49. The Labute approximate surface area is 167 Å². The van der Waals surface area contributed by atoms with Crippen LogP contribution in [0.1, 0.15) is 34.3 Å². The van der Waals surface area contributed by atoms with Crippen molar-refractivity contribution in [1.82, 2.24) is 4.90 Å². The molecule has 8 nitrogen and oxygen atoms in total. The third kappa shape index (κ3) is 3.65. The first-order chi connectivity index (χ1) is 13.8. The van der Waals surface area contributed by atoms with Crippen LogP contribution in [0.5, 0.6) is 5.75 Å². The smallest absolute Gasteiger partial charge is 0.314 e. The van der Waals surface area contributed by atoms with E-state index in [1.165, 1.54) is 24.1 Å². The summed E-state index contributed by atoms with van der Waals surface area (Å²) in [4.78, 5) is 37.4. The van der Waals surface area contributed by atoms with Gasteiger partial charge in [-0.3, -0.25) is 19.7 Å². The fourth-order valence-corrected chi connectivity index (χ4v) is 3.86. The zero-order chi connectivity index (χ0) is 21.2. The number of likely N-dealkylation sites (tertiary alicyclic amines) is 1. The van der Waals surface area contributed by atoms with Gasteiger partial charge in [-0.05, 0) is 31.4 Å². The molecular formula is C21H22N2O6. The number of nitrogens with zero attached hydrogens (tertiary/aromatic N) is 2. The second-order valence-electron chi connectivity index (χ2n) is 7.13. The van der Waals surface area contributed by atoms with Gasteiger partial charge in [0.15, 0.2) is 0 Å². The van der Waals surface area contributed by atoms with Crippen LogP contribution in [0.25, 0.3) is 0 Å². The van der Waals surface area contributed by atoms with Crippen LogP contribution in [0.4, 0.5) is 5.69 Å². The fourth-order valence-electron chi connectivity index (χ4n) is 3.86. The number of hydrogen-bond acceptors (Lipinski definition) is 5. The molecule has 0 aliphatic carbocycles. The first kappa shape index (κ1) is 20.3. The van der Waals surface area contributed by atoms with E-state index < -0.39 is 16.3 Å². The van der Waals surface area contributed by atoms with E-state index in [2.05, 4.69) is 0 Å². The molecule has 29 heavy (non-hydrogen) atoms. The van der Waals surface area contributed by atoms with E-state index in [9.17, 15) is 24.8 Å². The highest BCUT2D eigenvalue weighted by molar-refractivity contribution is 5.96. The number of carbonyl (C=O) groups is 2. The molecule has 152 valence electrons. The van der Waals surface area contributed by atoms with Crippen molar-refractivity contribution in [2.45, 2.75) is 25.2 Å². The Kier molecular flexibility index (Phi) is 5.54. The number of aliphatic carboxylic acids is 1. The summed E-state index contributed by atoms with van der Waals surface area (Å²) in [5.41, 5.74) is -0.0147. The van der Waals surface area contributed by atoms with Gasteiger partial charge in [0.25, 0.3) is 11.6 Å². The summed E-state index contributed by atoms with van der Waals surface area (Å²) in [6, 6.07) is 11.7. The molecule has 0 spiro atoms. The zero-order valence-electron chi connectivity index (χ0n) is 16.3. The van der Waals surface area contributed by atoms with Crippen molar-refractivity contribution in [1.29, 1.82) is 0 Å². The first-order valence-electron chi connectivity index (χ1n) is 9.21. The molecule has 1 heterocycles. The van der Waals surface area contributed by atoms with Gasteiger partial charge >= 0.3 is 5.97 Å². The summed E-state index contributed by atoms with van der Waals surface area (Å²) in [5.74, 6) is -1.02. The number of nitro benzene ring substituents is 1. The molecule has 1 fully saturated rings. The molecule has 3 rings (SSSR count). The predicted octanol–water partition coefficient (Wildman–Crippen LogP) is 3.17. The van der Waals surface area contributed by atoms with E-state index in [0.29, 0.717) is 11.1 Å². The maximum absolute atomic E-state index is 13.0. The zero-order valence-corrected chi connectivity index (χ0v) is 16.3. The average Bonchev–Trinajstić information content (AvgIpc) is 2.73. The largest absolute Gasteiger partial charge is 0.496 e. The van der Waals surface area contributed by atoms with Crippen LogP contribution in [0.2, 0.25) is 0 Å². The van der Waals surface area contributed by atoms with Crippen LogP contribution in [0.3, 0.4) is 0 Å². The molecule has 1 aliphatic heterocycles. The summed E-state index contributed by atoms with van der Waals surface area (Å²) < 4.78 is 5.18. The lowest BCUT2D eigenvalue weighted by molar-refractivity contribution is -0.385. The Morgan fingerprint density at radius 2 is 1.79 bits per heavy atom. The maximum atomic E-state index is 13.0. The molecular weight excluding hydrogens is 376 g/mol. The van der Waals surface area contributed by atoms with Crippen LogP contribution in [0, 0.1) is 17.0 Å². The van der Waals surface area contributed by atoms with Crippen molar-refractivity contribution >= 4 is 17.6 Å². The minimum absolute atomic E-state index is 0.154. The van der Waals surface area contributed by atoms with Crippen LogP contribution in [-0.4, -0.2) is 47.0 Å².